The normalized spacial score (nSPS) is 11.1. The molecule has 0 aliphatic heterocycles. The summed E-state index contributed by atoms with van der Waals surface area (Å²) >= 11 is 0. The molecule has 0 aliphatic rings. The summed E-state index contributed by atoms with van der Waals surface area (Å²) in [5.41, 5.74) is 7.01. The molecule has 0 unspecified atom stereocenters. The fourth-order valence-corrected chi connectivity index (χ4v) is 1.62. The lowest BCUT2D eigenvalue weighted by Crippen LogP contribution is -2.46. The second-order valence-corrected chi connectivity index (χ2v) is 4.30. The van der Waals surface area contributed by atoms with Crippen molar-refractivity contribution in [2.24, 2.45) is 0 Å². The first-order valence-corrected chi connectivity index (χ1v) is 6.87. The molecule has 0 fully saturated rings. The number of rotatable bonds is 8. The van der Waals surface area contributed by atoms with E-state index >= 15 is 0 Å². The summed E-state index contributed by atoms with van der Waals surface area (Å²) in [5, 5.41) is 5.44. The molecule has 7 heteroatoms. The topological polar surface area (TPSA) is 103 Å². The Hall–Kier alpha value is -2.70. The van der Waals surface area contributed by atoms with Crippen LogP contribution >= 0.6 is 0 Å². The molecular formula is C15H21N3O4. The van der Waals surface area contributed by atoms with Gasteiger partial charge in [0.05, 0.1) is 18.0 Å². The van der Waals surface area contributed by atoms with Gasteiger partial charge in [-0.1, -0.05) is 24.8 Å². The molecule has 22 heavy (non-hydrogen) atoms. The monoisotopic (exact) mass is 307 g/mol. The summed E-state index contributed by atoms with van der Waals surface area (Å²) in [5.74, 6) is -0.556. The van der Waals surface area contributed by atoms with Gasteiger partial charge >= 0.3 is 12.1 Å². The number of carbonyl (C=O) groups is 2. The fraction of sp³-hybridized carbons (Fsp3) is 0.333. The van der Waals surface area contributed by atoms with Crippen LogP contribution in [0.25, 0.3) is 0 Å². The molecule has 0 heterocycles. The average Bonchev–Trinajstić information content (AvgIpc) is 2.51. The van der Waals surface area contributed by atoms with Crippen LogP contribution in [0.2, 0.25) is 0 Å². The average molecular weight is 307 g/mol. The van der Waals surface area contributed by atoms with Crippen molar-refractivity contribution in [3.63, 3.8) is 0 Å². The zero-order valence-corrected chi connectivity index (χ0v) is 12.5. The van der Waals surface area contributed by atoms with E-state index in [0.29, 0.717) is 11.4 Å². The van der Waals surface area contributed by atoms with Crippen LogP contribution in [-0.2, 0) is 14.3 Å². The number of carbonyl (C=O) groups excluding carboxylic acids is 2. The summed E-state index contributed by atoms with van der Waals surface area (Å²) < 4.78 is 9.72. The molecule has 0 spiro atoms. The Balaban J connectivity index is 2.65. The largest absolute Gasteiger partial charge is 0.464 e. The highest BCUT2D eigenvalue weighted by Crippen LogP contribution is 2.16. The van der Waals surface area contributed by atoms with E-state index in [1.54, 1.807) is 25.1 Å². The zero-order valence-electron chi connectivity index (χ0n) is 12.5. The minimum Gasteiger partial charge on any atom is -0.464 e. The van der Waals surface area contributed by atoms with Crippen molar-refractivity contribution in [3.8, 4) is 0 Å². The fourth-order valence-electron chi connectivity index (χ4n) is 1.62. The molecule has 7 nitrogen and oxygen atoms in total. The maximum Gasteiger partial charge on any atom is 0.408 e. The lowest BCUT2D eigenvalue weighted by atomic mass is 10.2. The van der Waals surface area contributed by atoms with Gasteiger partial charge in [0.1, 0.15) is 12.6 Å². The lowest BCUT2D eigenvalue weighted by molar-refractivity contribution is -0.145. The first-order valence-electron chi connectivity index (χ1n) is 6.87. The van der Waals surface area contributed by atoms with E-state index in [9.17, 15) is 9.59 Å². The van der Waals surface area contributed by atoms with E-state index in [-0.39, 0.29) is 19.8 Å². The first-order chi connectivity index (χ1) is 10.6. The van der Waals surface area contributed by atoms with Crippen LogP contribution in [0.1, 0.15) is 6.92 Å². The van der Waals surface area contributed by atoms with Gasteiger partial charge in [-0.2, -0.15) is 0 Å². The van der Waals surface area contributed by atoms with Crippen LogP contribution in [0.15, 0.2) is 36.9 Å². The van der Waals surface area contributed by atoms with Gasteiger partial charge in [-0.3, -0.25) is 0 Å². The van der Waals surface area contributed by atoms with Crippen molar-refractivity contribution >= 4 is 23.4 Å². The molecule has 0 aromatic heterocycles. The molecule has 1 aromatic rings. The molecule has 0 aliphatic carbocycles. The van der Waals surface area contributed by atoms with Gasteiger partial charge < -0.3 is 25.8 Å². The van der Waals surface area contributed by atoms with Crippen molar-refractivity contribution in [2.75, 3.05) is 30.8 Å². The third kappa shape index (κ3) is 5.74. The summed E-state index contributed by atoms with van der Waals surface area (Å²) in [4.78, 5) is 23.4. The Morgan fingerprint density at radius 2 is 2.09 bits per heavy atom. The van der Waals surface area contributed by atoms with Crippen LogP contribution in [0.3, 0.4) is 0 Å². The number of amides is 1. The minimum absolute atomic E-state index is 0.0560. The Bertz CT molecular complexity index is 519. The van der Waals surface area contributed by atoms with Gasteiger partial charge in [-0.25, -0.2) is 9.59 Å². The van der Waals surface area contributed by atoms with Crippen molar-refractivity contribution in [3.05, 3.63) is 36.9 Å². The Morgan fingerprint density at radius 1 is 1.36 bits per heavy atom. The molecule has 4 N–H and O–H groups in total. The van der Waals surface area contributed by atoms with Gasteiger partial charge in [-0.15, -0.1) is 0 Å². The van der Waals surface area contributed by atoms with Crippen LogP contribution in [0, 0.1) is 0 Å². The number of anilines is 2. The first kappa shape index (κ1) is 17.4. The van der Waals surface area contributed by atoms with E-state index in [4.69, 9.17) is 15.2 Å². The molecule has 0 bridgehead atoms. The summed E-state index contributed by atoms with van der Waals surface area (Å²) in [7, 11) is 0. The number of ether oxygens (including phenoxy) is 2. The number of benzene rings is 1. The second kappa shape index (κ2) is 9.28. The maximum absolute atomic E-state index is 11.9. The molecule has 120 valence electrons. The number of esters is 1. The van der Waals surface area contributed by atoms with Gasteiger partial charge in [-0.05, 0) is 19.1 Å². The zero-order chi connectivity index (χ0) is 16.4. The molecular weight excluding hydrogens is 286 g/mol. The van der Waals surface area contributed by atoms with E-state index in [1.165, 1.54) is 6.08 Å². The Kier molecular flexibility index (Phi) is 7.32. The molecule has 0 radical (unpaired) electrons. The molecule has 1 aromatic carbocycles. The summed E-state index contributed by atoms with van der Waals surface area (Å²) in [6, 6.07) is 6.22. The Labute approximate surface area is 129 Å². The van der Waals surface area contributed by atoms with Gasteiger partial charge in [0.2, 0.25) is 0 Å². The molecule has 0 saturated carbocycles. The second-order valence-electron chi connectivity index (χ2n) is 4.30. The Morgan fingerprint density at radius 3 is 2.73 bits per heavy atom. The SMILES string of the molecule is C=CCOC(=O)N[C@@H](CNc1ccccc1N)C(=O)OCC. The number of hydrogen-bond donors (Lipinski definition) is 3. The highest BCUT2D eigenvalue weighted by Gasteiger charge is 2.22. The summed E-state index contributed by atoms with van der Waals surface area (Å²) in [6.07, 6.45) is 0.711. The molecule has 1 amide bonds. The van der Waals surface area contributed by atoms with Crippen molar-refractivity contribution in [2.45, 2.75) is 13.0 Å². The number of hydrogen-bond acceptors (Lipinski definition) is 6. The number of para-hydroxylation sites is 2. The van der Waals surface area contributed by atoms with Crippen molar-refractivity contribution in [1.82, 2.24) is 5.32 Å². The number of alkyl carbamates (subject to hydrolysis) is 1. The maximum atomic E-state index is 11.9. The highest BCUT2D eigenvalue weighted by molar-refractivity contribution is 5.82. The summed E-state index contributed by atoms with van der Waals surface area (Å²) in [6.45, 7) is 5.52. The van der Waals surface area contributed by atoms with Gasteiger partial charge in [0, 0.05) is 6.54 Å². The third-order valence-electron chi connectivity index (χ3n) is 2.65. The highest BCUT2D eigenvalue weighted by atomic mass is 16.6. The lowest BCUT2D eigenvalue weighted by Gasteiger charge is -2.18. The third-order valence-corrected chi connectivity index (χ3v) is 2.65. The standard InChI is InChI=1S/C15H21N3O4/c1-3-9-22-15(20)18-13(14(19)21-4-2)10-17-12-8-6-5-7-11(12)16/h3,5-8,13,17H,1,4,9-10,16H2,2H3,(H,18,20)/t13-/m0/s1. The minimum atomic E-state index is -0.892. The van der Waals surface area contributed by atoms with Gasteiger partial charge in [0.25, 0.3) is 0 Å². The molecule has 1 atom stereocenters. The number of nitrogens with one attached hydrogen (secondary N) is 2. The van der Waals surface area contributed by atoms with E-state index < -0.39 is 18.1 Å². The predicted octanol–water partition coefficient (Wildman–Crippen LogP) is 1.52. The molecule has 0 saturated heterocycles. The quantitative estimate of drug-likeness (QED) is 0.382. The van der Waals surface area contributed by atoms with Crippen LogP contribution in [0.5, 0.6) is 0 Å². The van der Waals surface area contributed by atoms with Crippen LogP contribution < -0.4 is 16.4 Å². The predicted molar refractivity (Wildman–Crippen MR) is 84.4 cm³/mol. The smallest absolute Gasteiger partial charge is 0.408 e. The van der Waals surface area contributed by atoms with Crippen molar-refractivity contribution < 1.29 is 19.1 Å². The van der Waals surface area contributed by atoms with Crippen LogP contribution in [0.4, 0.5) is 16.2 Å². The number of nitrogens with two attached hydrogens (primary N) is 1. The van der Waals surface area contributed by atoms with Gasteiger partial charge in [0.15, 0.2) is 0 Å². The van der Waals surface area contributed by atoms with Crippen LogP contribution in [-0.4, -0.2) is 37.9 Å². The van der Waals surface area contributed by atoms with Crippen molar-refractivity contribution in [1.29, 1.82) is 0 Å². The van der Waals surface area contributed by atoms with E-state index in [2.05, 4.69) is 17.2 Å². The van der Waals surface area contributed by atoms with E-state index in [1.807, 2.05) is 6.07 Å². The number of nitrogen functional groups attached to an aromatic ring is 1. The van der Waals surface area contributed by atoms with E-state index in [0.717, 1.165) is 0 Å². The molecule has 1 rings (SSSR count).